The number of amides is 2. The van der Waals surface area contributed by atoms with Crippen LogP contribution in [0.1, 0.15) is 44.4 Å². The first-order valence-corrected chi connectivity index (χ1v) is 11.6. The maximum absolute atomic E-state index is 13.1. The van der Waals surface area contributed by atoms with Gasteiger partial charge in [-0.2, -0.15) is 0 Å². The Bertz CT molecular complexity index is 937. The minimum Gasteiger partial charge on any atom is -0.350 e. The normalized spacial score (nSPS) is 12.2. The van der Waals surface area contributed by atoms with Gasteiger partial charge >= 0.3 is 0 Å². The largest absolute Gasteiger partial charge is 0.350 e. The zero-order valence-corrected chi connectivity index (χ0v) is 20.1. The number of rotatable bonds is 9. The number of nitrogens with zero attached hydrogens (tertiary/aromatic N) is 2. The summed E-state index contributed by atoms with van der Waals surface area (Å²) in [4.78, 5) is 37.8. The number of nitrogens with one attached hydrogen (secondary N) is 1. The molecule has 0 saturated heterocycles. The summed E-state index contributed by atoms with van der Waals surface area (Å²) < 4.78 is 0. The van der Waals surface area contributed by atoms with Crippen molar-refractivity contribution in [1.29, 1.82) is 0 Å². The number of aryl methyl sites for hydroxylation is 1. The molecule has 0 heterocycles. The second-order valence-electron chi connectivity index (χ2n) is 8.84. The lowest BCUT2D eigenvalue weighted by atomic mass is 10.1. The third kappa shape index (κ3) is 8.00. The maximum atomic E-state index is 13.1. The molecule has 0 aliphatic rings. The Hall–Kier alpha value is -2.87. The van der Waals surface area contributed by atoms with E-state index in [9.17, 15) is 19.7 Å². The van der Waals surface area contributed by atoms with Gasteiger partial charge in [0.2, 0.25) is 11.8 Å². The number of carbonyl (C=O) groups is 2. The number of nitro groups is 1. The smallest absolute Gasteiger partial charge is 0.269 e. The minimum absolute atomic E-state index is 0.0396. The Balaban J connectivity index is 2.07. The topological polar surface area (TPSA) is 92.6 Å². The van der Waals surface area contributed by atoms with E-state index < -0.39 is 16.5 Å². The number of non-ortho nitro benzene ring substituents is 1. The Kier molecular flexibility index (Phi) is 8.83. The van der Waals surface area contributed by atoms with Crippen LogP contribution < -0.4 is 5.32 Å². The van der Waals surface area contributed by atoms with Gasteiger partial charge in [0.15, 0.2) is 0 Å². The van der Waals surface area contributed by atoms with Crippen molar-refractivity contribution in [2.24, 2.45) is 0 Å². The van der Waals surface area contributed by atoms with Gasteiger partial charge in [-0.1, -0.05) is 42.0 Å². The Labute approximate surface area is 193 Å². The molecule has 2 amide bonds. The van der Waals surface area contributed by atoms with Gasteiger partial charge in [-0.3, -0.25) is 19.7 Å². The molecule has 0 saturated carbocycles. The first kappa shape index (κ1) is 25.4. The van der Waals surface area contributed by atoms with Gasteiger partial charge in [0.1, 0.15) is 6.04 Å². The van der Waals surface area contributed by atoms with Gasteiger partial charge in [0.25, 0.3) is 5.69 Å². The van der Waals surface area contributed by atoms with Crippen LogP contribution in [0.5, 0.6) is 0 Å². The summed E-state index contributed by atoms with van der Waals surface area (Å²) in [5.74, 6) is 0.424. The van der Waals surface area contributed by atoms with E-state index >= 15 is 0 Å². The summed E-state index contributed by atoms with van der Waals surface area (Å²) in [6.07, 6.45) is 0. The van der Waals surface area contributed by atoms with Crippen LogP contribution in [-0.2, 0) is 21.9 Å². The fraction of sp³-hybridized carbons (Fsp3) is 0.417. The summed E-state index contributed by atoms with van der Waals surface area (Å²) in [5.41, 5.74) is 2.63. The molecule has 0 unspecified atom stereocenters. The fourth-order valence-electron chi connectivity index (χ4n) is 3.00. The summed E-state index contributed by atoms with van der Waals surface area (Å²) in [6.45, 7) is 9.81. The number of nitro benzene ring substituents is 1. The lowest BCUT2D eigenvalue weighted by Crippen LogP contribution is -2.52. The molecule has 0 spiro atoms. The van der Waals surface area contributed by atoms with E-state index in [1.807, 2.05) is 52.0 Å². The van der Waals surface area contributed by atoms with Crippen LogP contribution in [0.15, 0.2) is 48.5 Å². The molecule has 0 radical (unpaired) electrons. The average molecular weight is 458 g/mol. The SMILES string of the molecule is Cc1ccc(CN(C(=O)CSCc2ccc([N+](=O)[O-])cc2)[C@H](C)C(=O)NC(C)(C)C)cc1. The molecule has 2 aromatic rings. The maximum Gasteiger partial charge on any atom is 0.269 e. The number of benzene rings is 2. The Morgan fingerprint density at radius 2 is 1.62 bits per heavy atom. The highest BCUT2D eigenvalue weighted by molar-refractivity contribution is 7.99. The van der Waals surface area contributed by atoms with Gasteiger partial charge in [-0.05, 0) is 45.7 Å². The molecule has 2 rings (SSSR count). The zero-order chi connectivity index (χ0) is 23.9. The van der Waals surface area contributed by atoms with E-state index in [4.69, 9.17) is 0 Å². The van der Waals surface area contributed by atoms with Crippen molar-refractivity contribution in [3.63, 3.8) is 0 Å². The van der Waals surface area contributed by atoms with E-state index in [0.717, 1.165) is 16.7 Å². The van der Waals surface area contributed by atoms with Crippen molar-refractivity contribution < 1.29 is 14.5 Å². The molecule has 0 aromatic heterocycles. The van der Waals surface area contributed by atoms with E-state index in [-0.39, 0.29) is 23.3 Å². The van der Waals surface area contributed by atoms with Crippen molar-refractivity contribution in [2.45, 2.75) is 58.5 Å². The van der Waals surface area contributed by atoms with Crippen molar-refractivity contribution >= 4 is 29.3 Å². The molecule has 7 nitrogen and oxygen atoms in total. The van der Waals surface area contributed by atoms with Crippen LogP contribution in [0.3, 0.4) is 0 Å². The molecule has 172 valence electrons. The van der Waals surface area contributed by atoms with Crippen molar-refractivity contribution in [1.82, 2.24) is 10.2 Å². The molecular formula is C24H31N3O4S. The first-order chi connectivity index (χ1) is 15.0. The second kappa shape index (κ2) is 11.1. The van der Waals surface area contributed by atoms with Gasteiger partial charge in [0, 0.05) is 30.0 Å². The van der Waals surface area contributed by atoms with Gasteiger partial charge < -0.3 is 10.2 Å². The number of thioether (sulfide) groups is 1. The second-order valence-corrected chi connectivity index (χ2v) is 9.82. The van der Waals surface area contributed by atoms with Crippen molar-refractivity contribution in [2.75, 3.05) is 5.75 Å². The fourth-order valence-corrected chi connectivity index (χ4v) is 3.87. The predicted octanol–water partition coefficient (Wildman–Crippen LogP) is 4.47. The Morgan fingerprint density at radius 3 is 2.16 bits per heavy atom. The van der Waals surface area contributed by atoms with Gasteiger partial charge in [0.05, 0.1) is 10.7 Å². The van der Waals surface area contributed by atoms with E-state index in [0.29, 0.717) is 12.3 Å². The summed E-state index contributed by atoms with van der Waals surface area (Å²) in [6, 6.07) is 13.6. The van der Waals surface area contributed by atoms with Crippen LogP contribution in [0.25, 0.3) is 0 Å². The van der Waals surface area contributed by atoms with Gasteiger partial charge in [-0.25, -0.2) is 0 Å². The minimum atomic E-state index is -0.622. The summed E-state index contributed by atoms with van der Waals surface area (Å²) in [5, 5.41) is 13.7. The highest BCUT2D eigenvalue weighted by Crippen LogP contribution is 2.19. The average Bonchev–Trinajstić information content (AvgIpc) is 2.72. The molecule has 0 bridgehead atoms. The molecule has 1 atom stereocenters. The first-order valence-electron chi connectivity index (χ1n) is 10.4. The summed E-state index contributed by atoms with van der Waals surface area (Å²) >= 11 is 1.42. The molecular weight excluding hydrogens is 426 g/mol. The molecule has 2 aromatic carbocycles. The number of hydrogen-bond acceptors (Lipinski definition) is 5. The lowest BCUT2D eigenvalue weighted by molar-refractivity contribution is -0.384. The zero-order valence-electron chi connectivity index (χ0n) is 19.3. The third-order valence-electron chi connectivity index (χ3n) is 4.78. The summed E-state index contributed by atoms with van der Waals surface area (Å²) in [7, 11) is 0. The van der Waals surface area contributed by atoms with Gasteiger partial charge in [-0.15, -0.1) is 11.8 Å². The van der Waals surface area contributed by atoms with Crippen LogP contribution in [0.2, 0.25) is 0 Å². The quantitative estimate of drug-likeness (QED) is 0.443. The van der Waals surface area contributed by atoms with E-state index in [2.05, 4.69) is 5.32 Å². The number of hydrogen-bond donors (Lipinski definition) is 1. The van der Waals surface area contributed by atoms with Crippen molar-refractivity contribution in [3.05, 3.63) is 75.3 Å². The molecule has 0 fully saturated rings. The van der Waals surface area contributed by atoms with E-state index in [1.54, 1.807) is 24.0 Å². The predicted molar refractivity (Wildman–Crippen MR) is 128 cm³/mol. The highest BCUT2D eigenvalue weighted by Gasteiger charge is 2.28. The molecule has 32 heavy (non-hydrogen) atoms. The monoisotopic (exact) mass is 457 g/mol. The molecule has 0 aliphatic carbocycles. The highest BCUT2D eigenvalue weighted by atomic mass is 32.2. The molecule has 8 heteroatoms. The third-order valence-corrected chi connectivity index (χ3v) is 5.77. The van der Waals surface area contributed by atoms with Crippen molar-refractivity contribution in [3.8, 4) is 0 Å². The standard InChI is InChI=1S/C24H31N3O4S/c1-17-6-8-19(9-7-17)14-26(18(2)23(29)25-24(3,4)5)22(28)16-32-15-20-10-12-21(13-11-20)27(30)31/h6-13,18H,14-16H2,1-5H3,(H,25,29)/t18-/m1/s1. The molecule has 1 N–H and O–H groups in total. The lowest BCUT2D eigenvalue weighted by Gasteiger charge is -2.31. The van der Waals surface area contributed by atoms with Crippen LogP contribution in [-0.4, -0.2) is 39.0 Å². The van der Waals surface area contributed by atoms with Crippen LogP contribution >= 0.6 is 11.8 Å². The van der Waals surface area contributed by atoms with E-state index in [1.165, 1.54) is 23.9 Å². The number of carbonyl (C=O) groups excluding carboxylic acids is 2. The van der Waals surface area contributed by atoms with Crippen LogP contribution in [0.4, 0.5) is 5.69 Å². The molecule has 0 aliphatic heterocycles. The Morgan fingerprint density at radius 1 is 1.06 bits per heavy atom. The van der Waals surface area contributed by atoms with Crippen LogP contribution in [0, 0.1) is 17.0 Å².